The van der Waals surface area contributed by atoms with Crippen molar-refractivity contribution in [3.63, 3.8) is 0 Å². The summed E-state index contributed by atoms with van der Waals surface area (Å²) in [7, 11) is -1.72. The van der Waals surface area contributed by atoms with Crippen LogP contribution in [0.5, 0.6) is 5.75 Å². The largest absolute Gasteiger partial charge is 0.497 e. The lowest BCUT2D eigenvalue weighted by Gasteiger charge is -2.28. The minimum absolute atomic E-state index is 0.278. The molecule has 0 aliphatic rings. The fraction of sp³-hybridized carbons (Fsp3) is 0.250. The lowest BCUT2D eigenvalue weighted by atomic mass is 10.1. The summed E-state index contributed by atoms with van der Waals surface area (Å²) >= 11 is 0. The SMILES string of the molecule is C=C(c1ccc(NS(C)(=O)=O)cc1)N(CC)c1cc(OC)ccc1CC#N. The number of rotatable bonds is 8. The standard InChI is InChI=1S/C20H23N3O3S/c1-5-23(20-14-19(26-3)11-8-17(20)12-13-21)15(2)16-6-9-18(10-7-16)22-27(4,24)25/h6-11,14,22H,2,5,12H2,1,3-4H3. The molecule has 142 valence electrons. The quantitative estimate of drug-likeness (QED) is 0.750. The van der Waals surface area contributed by atoms with Crippen LogP contribution in [0.25, 0.3) is 5.70 Å². The number of sulfonamides is 1. The van der Waals surface area contributed by atoms with Gasteiger partial charge in [-0.3, -0.25) is 4.72 Å². The van der Waals surface area contributed by atoms with Crippen molar-refractivity contribution in [3.05, 3.63) is 60.2 Å². The molecule has 0 saturated carbocycles. The van der Waals surface area contributed by atoms with Gasteiger partial charge in [-0.05, 0) is 36.2 Å². The molecular formula is C20H23N3O3S. The summed E-state index contributed by atoms with van der Waals surface area (Å²) in [6.45, 7) is 6.84. The first-order chi connectivity index (χ1) is 12.8. The molecule has 27 heavy (non-hydrogen) atoms. The van der Waals surface area contributed by atoms with Crippen molar-refractivity contribution < 1.29 is 13.2 Å². The Bertz CT molecular complexity index is 961. The average molecular weight is 385 g/mol. The predicted octanol–water partition coefficient (Wildman–Crippen LogP) is 3.63. The number of nitriles is 1. The third-order valence-electron chi connectivity index (χ3n) is 4.02. The zero-order valence-electron chi connectivity index (χ0n) is 15.7. The third-order valence-corrected chi connectivity index (χ3v) is 4.62. The molecule has 6 nitrogen and oxygen atoms in total. The second-order valence-electron chi connectivity index (χ2n) is 5.97. The van der Waals surface area contributed by atoms with Gasteiger partial charge in [0.2, 0.25) is 10.0 Å². The molecule has 0 fully saturated rings. The van der Waals surface area contributed by atoms with E-state index in [2.05, 4.69) is 17.4 Å². The lowest BCUT2D eigenvalue weighted by molar-refractivity contribution is 0.415. The maximum Gasteiger partial charge on any atom is 0.229 e. The Balaban J connectivity index is 2.37. The maximum absolute atomic E-state index is 11.3. The second-order valence-corrected chi connectivity index (χ2v) is 7.72. The number of nitrogens with one attached hydrogen (secondary N) is 1. The van der Waals surface area contributed by atoms with Crippen LogP contribution in [0.15, 0.2) is 49.0 Å². The number of hydrogen-bond acceptors (Lipinski definition) is 5. The molecule has 2 aromatic carbocycles. The molecule has 0 radical (unpaired) electrons. The minimum atomic E-state index is -3.32. The van der Waals surface area contributed by atoms with Gasteiger partial charge in [-0.2, -0.15) is 5.26 Å². The molecule has 0 unspecified atom stereocenters. The number of anilines is 2. The number of benzene rings is 2. The molecule has 1 N–H and O–H groups in total. The highest BCUT2D eigenvalue weighted by Crippen LogP contribution is 2.32. The normalized spacial score (nSPS) is 10.7. The summed E-state index contributed by atoms with van der Waals surface area (Å²) in [6, 6.07) is 14.8. The van der Waals surface area contributed by atoms with Crippen molar-refractivity contribution in [1.29, 1.82) is 5.26 Å². The van der Waals surface area contributed by atoms with E-state index in [1.807, 2.05) is 42.2 Å². The van der Waals surface area contributed by atoms with Crippen LogP contribution in [0.4, 0.5) is 11.4 Å². The first-order valence-electron chi connectivity index (χ1n) is 8.37. The Hall–Kier alpha value is -2.98. The minimum Gasteiger partial charge on any atom is -0.497 e. The van der Waals surface area contributed by atoms with Crippen molar-refractivity contribution in [2.75, 3.05) is 29.5 Å². The molecule has 0 bridgehead atoms. The van der Waals surface area contributed by atoms with Gasteiger partial charge in [0.05, 0.1) is 25.9 Å². The van der Waals surface area contributed by atoms with Crippen molar-refractivity contribution in [2.24, 2.45) is 0 Å². The third kappa shape index (κ3) is 5.25. The highest BCUT2D eigenvalue weighted by Gasteiger charge is 2.15. The van der Waals surface area contributed by atoms with Gasteiger partial charge in [-0.15, -0.1) is 0 Å². The van der Waals surface area contributed by atoms with E-state index in [0.717, 1.165) is 28.8 Å². The number of ether oxygens (including phenoxy) is 1. The van der Waals surface area contributed by atoms with Crippen LogP contribution in [0.3, 0.4) is 0 Å². The van der Waals surface area contributed by atoms with Crippen LogP contribution in [0.2, 0.25) is 0 Å². The zero-order chi connectivity index (χ0) is 20.0. The van der Waals surface area contributed by atoms with Crippen LogP contribution in [-0.2, 0) is 16.4 Å². The molecule has 7 heteroatoms. The fourth-order valence-corrected chi connectivity index (χ4v) is 3.33. The zero-order valence-corrected chi connectivity index (χ0v) is 16.5. The first-order valence-corrected chi connectivity index (χ1v) is 10.3. The van der Waals surface area contributed by atoms with Gasteiger partial charge >= 0.3 is 0 Å². The molecule has 2 rings (SSSR count). The van der Waals surface area contributed by atoms with Gasteiger partial charge in [0, 0.05) is 29.7 Å². The van der Waals surface area contributed by atoms with Crippen LogP contribution in [-0.4, -0.2) is 28.3 Å². The van der Waals surface area contributed by atoms with Gasteiger partial charge in [-0.25, -0.2) is 8.42 Å². The van der Waals surface area contributed by atoms with Crippen LogP contribution >= 0.6 is 0 Å². The van der Waals surface area contributed by atoms with Gasteiger partial charge < -0.3 is 9.64 Å². The Morgan fingerprint density at radius 3 is 2.44 bits per heavy atom. The number of hydrogen-bond donors (Lipinski definition) is 1. The average Bonchev–Trinajstić information content (AvgIpc) is 2.63. The van der Waals surface area contributed by atoms with E-state index < -0.39 is 10.0 Å². The fourth-order valence-electron chi connectivity index (χ4n) is 2.76. The summed E-state index contributed by atoms with van der Waals surface area (Å²) in [6.07, 6.45) is 1.39. The second kappa shape index (κ2) is 8.60. The Kier molecular flexibility index (Phi) is 6.48. The lowest BCUT2D eigenvalue weighted by Crippen LogP contribution is -2.21. The highest BCUT2D eigenvalue weighted by atomic mass is 32.2. The first kappa shape index (κ1) is 20.3. The molecule has 0 aliphatic carbocycles. The smallest absolute Gasteiger partial charge is 0.229 e. The molecular weight excluding hydrogens is 362 g/mol. The number of methoxy groups -OCH3 is 1. The van der Waals surface area contributed by atoms with Crippen molar-refractivity contribution >= 4 is 27.1 Å². The van der Waals surface area contributed by atoms with Gasteiger partial charge in [0.1, 0.15) is 5.75 Å². The summed E-state index contributed by atoms with van der Waals surface area (Å²) in [5.74, 6) is 0.700. The van der Waals surface area contributed by atoms with Crippen LogP contribution in [0.1, 0.15) is 18.1 Å². The van der Waals surface area contributed by atoms with E-state index in [0.29, 0.717) is 18.0 Å². The summed E-state index contributed by atoms with van der Waals surface area (Å²) < 4.78 is 30.5. The van der Waals surface area contributed by atoms with Crippen molar-refractivity contribution in [1.82, 2.24) is 0 Å². The molecule has 0 amide bonds. The van der Waals surface area contributed by atoms with E-state index in [-0.39, 0.29) is 6.42 Å². The highest BCUT2D eigenvalue weighted by molar-refractivity contribution is 7.92. The maximum atomic E-state index is 11.3. The van der Waals surface area contributed by atoms with Gasteiger partial charge in [0.25, 0.3) is 0 Å². The van der Waals surface area contributed by atoms with E-state index >= 15 is 0 Å². The molecule has 0 aliphatic heterocycles. The molecule has 0 atom stereocenters. The predicted molar refractivity (Wildman–Crippen MR) is 109 cm³/mol. The molecule has 0 heterocycles. The van der Waals surface area contributed by atoms with E-state index in [4.69, 9.17) is 10.00 Å². The van der Waals surface area contributed by atoms with Gasteiger partial charge in [0.15, 0.2) is 0 Å². The van der Waals surface area contributed by atoms with E-state index in [9.17, 15) is 8.42 Å². The van der Waals surface area contributed by atoms with Crippen LogP contribution in [0, 0.1) is 11.3 Å². The van der Waals surface area contributed by atoms with Crippen molar-refractivity contribution in [3.8, 4) is 11.8 Å². The van der Waals surface area contributed by atoms with Gasteiger partial charge in [-0.1, -0.05) is 24.8 Å². The molecule has 0 spiro atoms. The van der Waals surface area contributed by atoms with Crippen molar-refractivity contribution in [2.45, 2.75) is 13.3 Å². The molecule has 0 aromatic heterocycles. The molecule has 0 saturated heterocycles. The van der Waals surface area contributed by atoms with E-state index in [1.165, 1.54) is 0 Å². The van der Waals surface area contributed by atoms with Crippen LogP contribution < -0.4 is 14.4 Å². The Morgan fingerprint density at radius 2 is 1.93 bits per heavy atom. The topological polar surface area (TPSA) is 82.4 Å². The Labute approximate surface area is 160 Å². The monoisotopic (exact) mass is 385 g/mol. The summed E-state index contributed by atoms with van der Waals surface area (Å²) in [4.78, 5) is 2.01. The number of nitrogens with zero attached hydrogens (tertiary/aromatic N) is 2. The van der Waals surface area contributed by atoms with E-state index in [1.54, 1.807) is 19.2 Å². The summed E-state index contributed by atoms with van der Waals surface area (Å²) in [5, 5.41) is 9.13. The Morgan fingerprint density at radius 1 is 1.26 bits per heavy atom. The summed E-state index contributed by atoms with van der Waals surface area (Å²) in [5.41, 5.74) is 3.83. The molecule has 2 aromatic rings.